The fraction of sp³-hybridized carbons (Fsp3) is 0.529. The number of benzene rings is 1. The zero-order valence-corrected chi connectivity index (χ0v) is 13.2. The summed E-state index contributed by atoms with van der Waals surface area (Å²) in [5, 5.41) is 0. The van der Waals surface area contributed by atoms with Crippen molar-refractivity contribution in [2.75, 3.05) is 13.1 Å². The lowest BCUT2D eigenvalue weighted by Crippen LogP contribution is -2.39. The minimum atomic E-state index is -0.857. The summed E-state index contributed by atoms with van der Waals surface area (Å²) < 4.78 is 31.7. The van der Waals surface area contributed by atoms with Gasteiger partial charge >= 0.3 is 0 Å². The van der Waals surface area contributed by atoms with E-state index in [-0.39, 0.29) is 11.8 Å². The zero-order chi connectivity index (χ0) is 17.3. The molecule has 0 aromatic heterocycles. The Morgan fingerprint density at radius 1 is 1.17 bits per heavy atom. The number of carbonyl (C=O) groups excluding carboxylic acids is 2. The Labute approximate surface area is 138 Å². The fourth-order valence-corrected chi connectivity index (χ4v) is 3.43. The fourth-order valence-electron chi connectivity index (χ4n) is 3.43. The molecule has 0 bridgehead atoms. The molecule has 130 valence electrons. The maximum absolute atomic E-state index is 13.3. The molecule has 0 aliphatic carbocycles. The zero-order valence-electron chi connectivity index (χ0n) is 13.2. The number of rotatable bonds is 4. The molecule has 5 nitrogen and oxygen atoms in total. The molecule has 2 aliphatic rings. The van der Waals surface area contributed by atoms with Crippen LogP contribution in [0.25, 0.3) is 0 Å². The summed E-state index contributed by atoms with van der Waals surface area (Å²) >= 11 is 0. The summed E-state index contributed by atoms with van der Waals surface area (Å²) in [4.78, 5) is 25.3. The summed E-state index contributed by atoms with van der Waals surface area (Å²) in [6, 6.07) is 3.90. The number of carbonyl (C=O) groups is 2. The van der Waals surface area contributed by atoms with Crippen LogP contribution in [0.2, 0.25) is 0 Å². The van der Waals surface area contributed by atoms with Crippen molar-refractivity contribution in [3.05, 3.63) is 35.4 Å². The van der Waals surface area contributed by atoms with Crippen LogP contribution in [0.5, 0.6) is 0 Å². The lowest BCUT2D eigenvalue weighted by molar-refractivity contribution is -0.144. The Morgan fingerprint density at radius 2 is 1.92 bits per heavy atom. The quantitative estimate of drug-likeness (QED) is 0.902. The van der Waals surface area contributed by atoms with Gasteiger partial charge in [0, 0.05) is 13.1 Å². The van der Waals surface area contributed by atoms with E-state index in [1.54, 1.807) is 11.0 Å². The molecule has 2 amide bonds. The highest BCUT2D eigenvalue weighted by molar-refractivity contribution is 5.84. The van der Waals surface area contributed by atoms with E-state index in [2.05, 4.69) is 0 Å². The molecule has 3 atom stereocenters. The minimum Gasteiger partial charge on any atom is -0.367 e. The van der Waals surface area contributed by atoms with Gasteiger partial charge in [0.1, 0.15) is 12.2 Å². The number of nitrogens with two attached hydrogens (primary N) is 1. The van der Waals surface area contributed by atoms with Gasteiger partial charge in [0.05, 0.1) is 0 Å². The van der Waals surface area contributed by atoms with Gasteiger partial charge in [0.15, 0.2) is 11.6 Å². The second-order valence-corrected chi connectivity index (χ2v) is 6.48. The monoisotopic (exact) mass is 338 g/mol. The maximum Gasteiger partial charge on any atom is 0.251 e. The average molecular weight is 338 g/mol. The van der Waals surface area contributed by atoms with Crippen molar-refractivity contribution in [2.45, 2.75) is 37.9 Å². The second kappa shape index (κ2) is 6.84. The maximum atomic E-state index is 13.3. The molecular weight excluding hydrogens is 318 g/mol. The summed E-state index contributed by atoms with van der Waals surface area (Å²) in [5.74, 6) is -2.17. The lowest BCUT2D eigenvalue weighted by atomic mass is 9.98. The number of amides is 2. The van der Waals surface area contributed by atoms with Crippen LogP contribution in [0.3, 0.4) is 0 Å². The third-order valence-corrected chi connectivity index (χ3v) is 4.72. The molecule has 7 heteroatoms. The smallest absolute Gasteiger partial charge is 0.251 e. The summed E-state index contributed by atoms with van der Waals surface area (Å²) in [6.07, 6.45) is 1.07. The predicted octanol–water partition coefficient (Wildman–Crippen LogP) is 1.39. The standard InChI is InChI=1S/C17H20F2N2O3/c18-12-2-1-10(8-13(12)19)7-11-5-6-21(9-11)17(23)15-4-3-14(24-15)16(20)22/h1-2,8,11,14-15H,3-7,9H2,(H2,20,22). The van der Waals surface area contributed by atoms with E-state index in [1.165, 1.54) is 6.07 Å². The van der Waals surface area contributed by atoms with Crippen LogP contribution in [-0.2, 0) is 20.7 Å². The normalized spacial score (nSPS) is 26.8. The molecule has 1 aromatic rings. The van der Waals surface area contributed by atoms with E-state index < -0.39 is 29.7 Å². The molecule has 1 aromatic carbocycles. The number of hydrogen-bond donors (Lipinski definition) is 1. The van der Waals surface area contributed by atoms with Gasteiger partial charge in [0.2, 0.25) is 5.91 Å². The highest BCUT2D eigenvalue weighted by Crippen LogP contribution is 2.26. The largest absolute Gasteiger partial charge is 0.367 e. The van der Waals surface area contributed by atoms with Crippen molar-refractivity contribution in [1.29, 1.82) is 0 Å². The van der Waals surface area contributed by atoms with Gasteiger partial charge in [-0.25, -0.2) is 8.78 Å². The molecule has 0 radical (unpaired) electrons. The van der Waals surface area contributed by atoms with E-state index >= 15 is 0 Å². The minimum absolute atomic E-state index is 0.119. The van der Waals surface area contributed by atoms with Crippen LogP contribution in [0.15, 0.2) is 18.2 Å². The van der Waals surface area contributed by atoms with E-state index in [4.69, 9.17) is 10.5 Å². The first-order valence-corrected chi connectivity index (χ1v) is 8.11. The number of nitrogens with zero attached hydrogens (tertiary/aromatic N) is 1. The van der Waals surface area contributed by atoms with E-state index in [9.17, 15) is 18.4 Å². The summed E-state index contributed by atoms with van der Waals surface area (Å²) in [6.45, 7) is 1.16. The van der Waals surface area contributed by atoms with Gasteiger partial charge in [-0.1, -0.05) is 6.07 Å². The molecule has 2 heterocycles. The van der Waals surface area contributed by atoms with Crippen LogP contribution in [-0.4, -0.2) is 42.0 Å². The van der Waals surface area contributed by atoms with Crippen LogP contribution in [0.1, 0.15) is 24.8 Å². The molecule has 2 saturated heterocycles. The molecule has 3 rings (SSSR count). The van der Waals surface area contributed by atoms with E-state index in [0.717, 1.165) is 18.1 Å². The Balaban J connectivity index is 1.54. The van der Waals surface area contributed by atoms with Gasteiger partial charge in [-0.2, -0.15) is 0 Å². The number of ether oxygens (including phenoxy) is 1. The van der Waals surface area contributed by atoms with Gasteiger partial charge < -0.3 is 15.4 Å². The van der Waals surface area contributed by atoms with Crippen molar-refractivity contribution < 1.29 is 23.1 Å². The van der Waals surface area contributed by atoms with Gasteiger partial charge in [-0.05, 0) is 49.3 Å². The molecule has 24 heavy (non-hydrogen) atoms. The highest BCUT2D eigenvalue weighted by Gasteiger charge is 2.38. The Bertz CT molecular complexity index is 653. The van der Waals surface area contributed by atoms with Crippen LogP contribution in [0, 0.1) is 17.6 Å². The molecule has 3 unspecified atom stereocenters. The number of likely N-dealkylation sites (tertiary alicyclic amines) is 1. The first-order chi connectivity index (χ1) is 11.4. The van der Waals surface area contributed by atoms with Crippen LogP contribution >= 0.6 is 0 Å². The Morgan fingerprint density at radius 3 is 2.58 bits per heavy atom. The third kappa shape index (κ3) is 3.56. The third-order valence-electron chi connectivity index (χ3n) is 4.72. The van der Waals surface area contributed by atoms with Gasteiger partial charge in [-0.15, -0.1) is 0 Å². The number of hydrogen-bond acceptors (Lipinski definition) is 3. The SMILES string of the molecule is NC(=O)C1CCC(C(=O)N2CCC(Cc3ccc(F)c(F)c3)C2)O1. The molecule has 0 spiro atoms. The number of halogens is 2. The van der Waals surface area contributed by atoms with Crippen molar-refractivity contribution in [3.8, 4) is 0 Å². The molecular formula is C17H20F2N2O3. The van der Waals surface area contributed by atoms with Crippen molar-refractivity contribution in [1.82, 2.24) is 4.90 Å². The summed E-state index contributed by atoms with van der Waals surface area (Å²) in [7, 11) is 0. The first kappa shape index (κ1) is 16.8. The van der Waals surface area contributed by atoms with Crippen molar-refractivity contribution in [2.24, 2.45) is 11.7 Å². The Hall–Kier alpha value is -2.02. The van der Waals surface area contributed by atoms with Gasteiger partial charge in [0.25, 0.3) is 5.91 Å². The second-order valence-electron chi connectivity index (χ2n) is 6.48. The predicted molar refractivity (Wildman–Crippen MR) is 81.8 cm³/mol. The molecule has 2 fully saturated rings. The molecule has 2 N–H and O–H groups in total. The Kier molecular flexibility index (Phi) is 4.80. The first-order valence-electron chi connectivity index (χ1n) is 8.11. The topological polar surface area (TPSA) is 72.6 Å². The van der Waals surface area contributed by atoms with E-state index in [0.29, 0.717) is 32.4 Å². The van der Waals surface area contributed by atoms with Crippen LogP contribution in [0.4, 0.5) is 8.78 Å². The average Bonchev–Trinajstić information content (AvgIpc) is 3.20. The van der Waals surface area contributed by atoms with Crippen molar-refractivity contribution >= 4 is 11.8 Å². The van der Waals surface area contributed by atoms with Crippen LogP contribution < -0.4 is 5.73 Å². The summed E-state index contributed by atoms with van der Waals surface area (Å²) in [5.41, 5.74) is 5.92. The van der Waals surface area contributed by atoms with Gasteiger partial charge in [-0.3, -0.25) is 9.59 Å². The van der Waals surface area contributed by atoms with Crippen molar-refractivity contribution in [3.63, 3.8) is 0 Å². The van der Waals surface area contributed by atoms with E-state index in [1.807, 2.05) is 0 Å². The highest BCUT2D eigenvalue weighted by atomic mass is 19.2. The number of primary amides is 1. The molecule has 0 saturated carbocycles. The molecule has 2 aliphatic heterocycles. The lowest BCUT2D eigenvalue weighted by Gasteiger charge is -2.20.